The Labute approximate surface area is 263 Å². The largest absolute Gasteiger partial charge is 0.507 e. The quantitative estimate of drug-likeness (QED) is 0.147. The molecule has 0 bridgehead atoms. The molecule has 2 aromatic carbocycles. The van der Waals surface area contributed by atoms with Gasteiger partial charge in [-0.3, -0.25) is 4.79 Å². The Morgan fingerprint density at radius 2 is 1.05 bits per heavy atom. The minimum absolute atomic E-state index is 0.201. The molecule has 0 fully saturated rings. The zero-order chi connectivity index (χ0) is 32.6. The fourth-order valence-corrected chi connectivity index (χ4v) is 7.41. The van der Waals surface area contributed by atoms with Crippen molar-refractivity contribution in [1.82, 2.24) is 0 Å². The van der Waals surface area contributed by atoms with Gasteiger partial charge < -0.3 is 20.7 Å². The van der Waals surface area contributed by atoms with Gasteiger partial charge in [-0.25, -0.2) is 0 Å². The van der Waals surface area contributed by atoms with Crippen molar-refractivity contribution in [1.29, 1.82) is 0 Å². The first kappa shape index (κ1) is 36.4. The smallest absolute Gasteiger partial charge is 0.322 e. The molecule has 0 aliphatic carbocycles. The van der Waals surface area contributed by atoms with Crippen molar-refractivity contribution in [2.75, 3.05) is 6.61 Å². The summed E-state index contributed by atoms with van der Waals surface area (Å²) in [5, 5.41) is 22.7. The van der Waals surface area contributed by atoms with Crippen molar-refractivity contribution in [2.24, 2.45) is 5.73 Å². The normalized spacial score (nSPS) is 14.2. The third-order valence-electron chi connectivity index (χ3n) is 7.39. The van der Waals surface area contributed by atoms with Crippen LogP contribution in [0.2, 0.25) is 0 Å². The van der Waals surface area contributed by atoms with Gasteiger partial charge in [0.15, 0.2) is 0 Å². The van der Waals surface area contributed by atoms with E-state index in [1.807, 2.05) is 0 Å². The summed E-state index contributed by atoms with van der Waals surface area (Å²) >= 11 is 3.54. The van der Waals surface area contributed by atoms with Crippen LogP contribution in [0.4, 0.5) is 0 Å². The van der Waals surface area contributed by atoms with Gasteiger partial charge in [-0.05, 0) is 73.1 Å². The van der Waals surface area contributed by atoms with Crippen molar-refractivity contribution in [2.45, 2.75) is 145 Å². The molecule has 0 saturated heterocycles. The third kappa shape index (κ3) is 9.33. The number of rotatable bonds is 9. The topological polar surface area (TPSA) is 92.8 Å². The molecule has 0 heterocycles. The van der Waals surface area contributed by atoms with E-state index in [9.17, 15) is 15.0 Å². The minimum Gasteiger partial charge on any atom is -0.507 e. The average molecular weight is 618 g/mol. The predicted octanol–water partition coefficient (Wildman–Crippen LogP) is 9.17. The number of ether oxygens (including phenoxy) is 1. The Hall–Kier alpha value is -1.83. The molecule has 0 unspecified atom stereocenters. The van der Waals surface area contributed by atoms with Gasteiger partial charge in [0.25, 0.3) is 0 Å². The molecule has 0 saturated carbocycles. The number of nitrogens with two attached hydrogens (primary N) is 1. The maximum Gasteiger partial charge on any atom is 0.322 e. The molecule has 236 valence electrons. The van der Waals surface area contributed by atoms with Crippen LogP contribution in [0.1, 0.15) is 126 Å². The highest BCUT2D eigenvalue weighted by atomic mass is 32.2. The second kappa shape index (κ2) is 12.6. The van der Waals surface area contributed by atoms with Crippen LogP contribution >= 0.6 is 23.5 Å². The summed E-state index contributed by atoms with van der Waals surface area (Å²) in [5.41, 5.74) is 8.16. The van der Waals surface area contributed by atoms with E-state index in [2.05, 4.69) is 114 Å². The molecule has 0 amide bonds. The Balaban J connectivity index is 2.53. The third-order valence-corrected chi connectivity index (χ3v) is 9.82. The highest BCUT2D eigenvalue weighted by Crippen LogP contribution is 2.51. The van der Waals surface area contributed by atoms with Gasteiger partial charge in [-0.1, -0.05) is 76.2 Å². The lowest BCUT2D eigenvalue weighted by Gasteiger charge is -2.32. The summed E-state index contributed by atoms with van der Waals surface area (Å²) in [4.78, 5) is 14.1. The van der Waals surface area contributed by atoms with Crippen molar-refractivity contribution in [3.63, 3.8) is 0 Å². The number of hydrogen-bond donors (Lipinski definition) is 3. The number of phenolic OH excluding ortho intramolecular Hbond substituents is 2. The summed E-state index contributed by atoms with van der Waals surface area (Å²) in [7, 11) is 0. The summed E-state index contributed by atoms with van der Waals surface area (Å²) in [6, 6.07) is 7.79. The maximum absolute atomic E-state index is 11.9. The van der Waals surface area contributed by atoms with Gasteiger partial charge in [-0.15, -0.1) is 23.5 Å². The van der Waals surface area contributed by atoms with Crippen LogP contribution < -0.4 is 5.73 Å². The Bertz CT molecular complexity index is 1240. The monoisotopic (exact) mass is 617 g/mol. The highest BCUT2D eigenvalue weighted by molar-refractivity contribution is 8.18. The van der Waals surface area contributed by atoms with Gasteiger partial charge in [-0.2, -0.15) is 0 Å². The number of thioether (sulfide) groups is 2. The second-order valence-corrected chi connectivity index (χ2v) is 19.3. The second-order valence-electron chi connectivity index (χ2n) is 15.7. The molecule has 2 aromatic rings. The Morgan fingerprint density at radius 1 is 0.714 bits per heavy atom. The summed E-state index contributed by atoms with van der Waals surface area (Å²) < 4.78 is 5.12. The number of carbonyl (C=O) groups excluding carboxylic acids is 1. The van der Waals surface area contributed by atoms with E-state index in [1.165, 1.54) is 0 Å². The molecule has 7 heteroatoms. The minimum atomic E-state index is -0.666. The van der Waals surface area contributed by atoms with Crippen LogP contribution in [0.15, 0.2) is 34.1 Å². The van der Waals surface area contributed by atoms with Crippen molar-refractivity contribution in [3.8, 4) is 11.5 Å². The number of esters is 1. The van der Waals surface area contributed by atoms with Crippen LogP contribution in [0.3, 0.4) is 0 Å². The number of phenols is 2. The van der Waals surface area contributed by atoms with Gasteiger partial charge in [0.2, 0.25) is 0 Å². The highest BCUT2D eigenvalue weighted by Gasteiger charge is 2.33. The van der Waals surface area contributed by atoms with Gasteiger partial charge >= 0.3 is 5.97 Å². The van der Waals surface area contributed by atoms with Crippen LogP contribution in [-0.4, -0.2) is 32.9 Å². The lowest BCUT2D eigenvalue weighted by molar-refractivity contribution is -0.145. The number of benzene rings is 2. The summed E-state index contributed by atoms with van der Waals surface area (Å²) in [5.74, 6) is 0.257. The predicted molar refractivity (Wildman–Crippen MR) is 180 cm³/mol. The molecule has 0 radical (unpaired) electrons. The lowest BCUT2D eigenvalue weighted by Crippen LogP contribution is -2.30. The first-order valence-corrected chi connectivity index (χ1v) is 16.5. The van der Waals surface area contributed by atoms with Crippen molar-refractivity contribution >= 4 is 29.5 Å². The molecule has 0 aliphatic heterocycles. The number of hydrogen-bond acceptors (Lipinski definition) is 7. The maximum atomic E-state index is 11.9. The Kier molecular flexibility index (Phi) is 11.0. The van der Waals surface area contributed by atoms with Crippen LogP contribution in [0.25, 0.3) is 0 Å². The molecule has 0 spiro atoms. The molecular formula is C35H55NO4S2. The fraction of sp³-hybridized carbons (Fsp3) is 0.629. The molecule has 1 atom stereocenters. The van der Waals surface area contributed by atoms with Crippen molar-refractivity contribution < 1.29 is 19.7 Å². The van der Waals surface area contributed by atoms with Crippen LogP contribution in [-0.2, 0) is 31.2 Å². The lowest BCUT2D eigenvalue weighted by atomic mass is 9.77. The number of carbonyl (C=O) groups is 1. The average Bonchev–Trinajstić information content (AvgIpc) is 2.78. The molecule has 0 aliphatic rings. The van der Waals surface area contributed by atoms with E-state index in [0.29, 0.717) is 17.9 Å². The number of aromatic hydroxyl groups is 2. The SMILES string of the molecule is C[C@H](N)C(=O)OCCC(C)(C)c1cc(SC(C)(C)Sc2cc(C(C)(C)C)c(O)c(C(C)(C)C)c2)cc(C(C)(C)C)c1O. The van der Waals surface area contributed by atoms with Gasteiger partial charge in [0, 0.05) is 32.0 Å². The standard InChI is InChI=1S/C35H55NO4S2/c1-21(36)30(39)40-16-15-34(11,12)27-20-23(19-26(29(27)38)33(8,9)10)42-35(13,14)41-22-17-24(31(2,3)4)28(37)25(18-22)32(5,6)7/h17-21,37-38H,15-16,36H2,1-14H3/t21-/m0/s1. The van der Waals surface area contributed by atoms with E-state index in [1.54, 1.807) is 30.4 Å². The molecule has 42 heavy (non-hydrogen) atoms. The molecule has 4 N–H and O–H groups in total. The summed E-state index contributed by atoms with van der Waals surface area (Å²) in [6.45, 7) is 29.5. The molecule has 5 nitrogen and oxygen atoms in total. The first-order chi connectivity index (χ1) is 18.8. The zero-order valence-electron chi connectivity index (χ0n) is 28.4. The first-order valence-electron chi connectivity index (χ1n) is 14.8. The van der Waals surface area contributed by atoms with E-state index in [4.69, 9.17) is 10.5 Å². The molecule has 2 rings (SSSR count). The summed E-state index contributed by atoms with van der Waals surface area (Å²) in [6.07, 6.45) is 0.549. The van der Waals surface area contributed by atoms with E-state index < -0.39 is 17.4 Å². The van der Waals surface area contributed by atoms with Gasteiger partial charge in [0.05, 0.1) is 10.7 Å². The van der Waals surface area contributed by atoms with Crippen LogP contribution in [0.5, 0.6) is 11.5 Å². The van der Waals surface area contributed by atoms with Crippen molar-refractivity contribution in [3.05, 3.63) is 46.5 Å². The van der Waals surface area contributed by atoms with Crippen LogP contribution in [0, 0.1) is 0 Å². The zero-order valence-corrected chi connectivity index (χ0v) is 30.0. The van der Waals surface area contributed by atoms with Gasteiger partial charge in [0.1, 0.15) is 17.5 Å². The molecule has 0 aromatic heterocycles. The van der Waals surface area contributed by atoms with E-state index in [0.717, 1.165) is 32.0 Å². The van der Waals surface area contributed by atoms with E-state index in [-0.39, 0.29) is 26.9 Å². The molecular weight excluding hydrogens is 563 g/mol. The Morgan fingerprint density at radius 3 is 1.38 bits per heavy atom. The van der Waals surface area contributed by atoms with E-state index >= 15 is 0 Å². The fourth-order valence-electron chi connectivity index (χ4n) is 4.83.